The zero-order valence-electron chi connectivity index (χ0n) is 18.9. The minimum absolute atomic E-state index is 0.251. The number of ketones is 1. The van der Waals surface area contributed by atoms with E-state index >= 15 is 0 Å². The number of rotatable bonds is 5. The quantitative estimate of drug-likeness (QED) is 0.697. The minimum Gasteiger partial charge on any atom is -0.497 e. The van der Waals surface area contributed by atoms with Crippen molar-refractivity contribution in [2.24, 2.45) is 0 Å². The molecule has 2 aromatic rings. The second kappa shape index (κ2) is 9.39. The molecule has 0 aromatic heterocycles. The van der Waals surface area contributed by atoms with Crippen molar-refractivity contribution in [1.82, 2.24) is 4.90 Å². The van der Waals surface area contributed by atoms with Crippen molar-refractivity contribution in [2.75, 3.05) is 32.5 Å². The number of aliphatic hydroxyl groups is 2. The first-order valence-corrected chi connectivity index (χ1v) is 12.7. The van der Waals surface area contributed by atoms with Crippen LogP contribution in [0.4, 0.5) is 0 Å². The summed E-state index contributed by atoms with van der Waals surface area (Å²) in [6.45, 7) is 2.38. The number of methoxy groups -OCH3 is 1. The number of hydrogen-bond donors (Lipinski definition) is 2. The van der Waals surface area contributed by atoms with Crippen LogP contribution in [0.3, 0.4) is 0 Å². The van der Waals surface area contributed by atoms with Gasteiger partial charge in [-0.15, -0.1) is 11.8 Å². The molecule has 2 heterocycles. The van der Waals surface area contributed by atoms with Crippen LogP contribution in [0.25, 0.3) is 0 Å². The number of carbonyl (C=O) groups excluding carboxylic acids is 1. The molecule has 6 nitrogen and oxygen atoms in total. The van der Waals surface area contributed by atoms with E-state index in [0.29, 0.717) is 24.3 Å². The molecule has 2 saturated heterocycles. The van der Waals surface area contributed by atoms with Gasteiger partial charge in [-0.3, -0.25) is 4.79 Å². The van der Waals surface area contributed by atoms with E-state index in [1.807, 2.05) is 30.3 Å². The van der Waals surface area contributed by atoms with Crippen LogP contribution in [-0.4, -0.2) is 76.5 Å². The third kappa shape index (κ3) is 4.57. The monoisotopic (exact) mass is 469 g/mol. The molecule has 4 atom stereocenters. The number of thioether (sulfide) groups is 1. The summed E-state index contributed by atoms with van der Waals surface area (Å²) in [7, 11) is 1.57. The van der Waals surface area contributed by atoms with E-state index in [-0.39, 0.29) is 22.7 Å². The lowest BCUT2D eigenvalue weighted by Crippen LogP contribution is -2.56. The van der Waals surface area contributed by atoms with Gasteiger partial charge in [-0.05, 0) is 42.5 Å². The summed E-state index contributed by atoms with van der Waals surface area (Å²) in [6.07, 6.45) is 0.629. The molecule has 0 amide bonds. The van der Waals surface area contributed by atoms with Gasteiger partial charge in [-0.1, -0.05) is 36.4 Å². The molecular weight excluding hydrogens is 438 g/mol. The lowest BCUT2D eigenvalue weighted by Gasteiger charge is -2.51. The third-order valence-corrected chi connectivity index (χ3v) is 8.76. The number of Topliss-reactive ketones (excluding diaryl/α,β-unsaturated/α-hetero) is 1. The molecule has 2 aromatic carbocycles. The Labute approximate surface area is 198 Å². The Hall–Kier alpha value is -1.90. The van der Waals surface area contributed by atoms with Crippen LogP contribution in [0.5, 0.6) is 5.75 Å². The molecule has 3 unspecified atom stereocenters. The highest BCUT2D eigenvalue weighted by atomic mass is 32.2. The van der Waals surface area contributed by atoms with E-state index in [4.69, 9.17) is 9.47 Å². The van der Waals surface area contributed by atoms with Gasteiger partial charge < -0.3 is 24.6 Å². The summed E-state index contributed by atoms with van der Waals surface area (Å²) in [5, 5.41) is 21.0. The van der Waals surface area contributed by atoms with Crippen molar-refractivity contribution in [3.63, 3.8) is 0 Å². The fraction of sp³-hybridized carbons (Fsp3) is 0.500. The highest BCUT2D eigenvalue weighted by Gasteiger charge is 2.51. The second-order valence-electron chi connectivity index (χ2n) is 9.40. The average molecular weight is 470 g/mol. The van der Waals surface area contributed by atoms with Crippen molar-refractivity contribution in [2.45, 2.75) is 48.4 Å². The van der Waals surface area contributed by atoms with Crippen molar-refractivity contribution in [3.8, 4) is 5.75 Å². The molecule has 33 heavy (non-hydrogen) atoms. The third-order valence-electron chi connectivity index (χ3n) is 7.18. The SMILES string of the molecule is COc1ccc2c(c1)C(=O)C(O)C1SCC3(CCN(C[C@@H](O)Cc4ccccc4)CC3)OC21. The fourth-order valence-electron chi connectivity index (χ4n) is 5.29. The molecule has 1 aliphatic carbocycles. The Balaban J connectivity index is 1.24. The van der Waals surface area contributed by atoms with Crippen molar-refractivity contribution < 1.29 is 24.5 Å². The molecule has 2 N–H and O–H groups in total. The Kier molecular flexibility index (Phi) is 6.51. The molecule has 0 radical (unpaired) electrons. The van der Waals surface area contributed by atoms with Gasteiger partial charge in [0.25, 0.3) is 0 Å². The summed E-state index contributed by atoms with van der Waals surface area (Å²) < 4.78 is 12.0. The first-order chi connectivity index (χ1) is 16.0. The molecule has 5 rings (SSSR count). The number of likely N-dealkylation sites (tertiary alicyclic amines) is 1. The predicted octanol–water partition coefficient (Wildman–Crippen LogP) is 2.86. The summed E-state index contributed by atoms with van der Waals surface area (Å²) in [5.74, 6) is 1.12. The summed E-state index contributed by atoms with van der Waals surface area (Å²) in [6, 6.07) is 15.6. The lowest BCUT2D eigenvalue weighted by atomic mass is 9.84. The molecule has 2 fully saturated rings. The summed E-state index contributed by atoms with van der Waals surface area (Å²) in [5.41, 5.74) is 2.23. The Bertz CT molecular complexity index is 991. The maximum absolute atomic E-state index is 12.8. The minimum atomic E-state index is -1.06. The number of nitrogens with zero attached hydrogens (tertiary/aromatic N) is 1. The zero-order valence-corrected chi connectivity index (χ0v) is 19.7. The summed E-state index contributed by atoms with van der Waals surface area (Å²) >= 11 is 1.66. The van der Waals surface area contributed by atoms with E-state index < -0.39 is 12.2 Å². The van der Waals surface area contributed by atoms with Crippen molar-refractivity contribution in [3.05, 3.63) is 65.2 Å². The van der Waals surface area contributed by atoms with E-state index in [2.05, 4.69) is 17.0 Å². The van der Waals surface area contributed by atoms with Crippen LogP contribution in [0.15, 0.2) is 48.5 Å². The maximum Gasteiger partial charge on any atom is 0.193 e. The standard InChI is InChI=1S/C26H31NO5S/c1-31-19-7-8-20-21(14-19)22(29)23(30)25-24(20)32-26(16-33-25)9-11-27(12-10-26)15-18(28)13-17-5-3-2-4-6-17/h2-8,14,18,23-25,28,30H,9-13,15-16H2,1H3/t18-,23?,24?,25?/m0/s1. The number of ether oxygens (including phenoxy) is 2. The van der Waals surface area contributed by atoms with Gasteiger partial charge in [-0.2, -0.15) is 0 Å². The Morgan fingerprint density at radius 1 is 1.21 bits per heavy atom. The number of fused-ring (bicyclic) bond motifs is 3. The number of piperidine rings is 1. The zero-order chi connectivity index (χ0) is 23.0. The van der Waals surface area contributed by atoms with Gasteiger partial charge in [0.1, 0.15) is 11.9 Å². The normalized spacial score (nSPS) is 27.6. The van der Waals surface area contributed by atoms with Gasteiger partial charge in [0.2, 0.25) is 0 Å². The molecule has 3 aliphatic rings. The number of β-amino-alcohol motifs (C(OH)–C–C–N with tert-alkyl or cyclic N) is 1. The largest absolute Gasteiger partial charge is 0.497 e. The number of carbonyl (C=O) groups is 1. The molecule has 0 bridgehead atoms. The highest BCUT2D eigenvalue weighted by Crippen LogP contribution is 2.50. The van der Waals surface area contributed by atoms with Gasteiger partial charge in [0.15, 0.2) is 5.78 Å². The topological polar surface area (TPSA) is 79.2 Å². The van der Waals surface area contributed by atoms with E-state index in [9.17, 15) is 15.0 Å². The molecular formula is C26H31NO5S. The summed E-state index contributed by atoms with van der Waals surface area (Å²) in [4.78, 5) is 15.1. The number of hydrogen-bond acceptors (Lipinski definition) is 7. The first kappa shape index (κ1) is 22.9. The van der Waals surface area contributed by atoms with Crippen LogP contribution in [0.2, 0.25) is 0 Å². The van der Waals surface area contributed by atoms with Crippen molar-refractivity contribution in [1.29, 1.82) is 0 Å². The molecule has 176 valence electrons. The maximum atomic E-state index is 12.8. The van der Waals surface area contributed by atoms with E-state index in [1.165, 1.54) is 0 Å². The molecule has 2 aliphatic heterocycles. The van der Waals surface area contributed by atoms with E-state index in [1.54, 1.807) is 24.9 Å². The smallest absolute Gasteiger partial charge is 0.193 e. The van der Waals surface area contributed by atoms with Crippen LogP contribution in [0.1, 0.15) is 40.4 Å². The number of aliphatic hydroxyl groups excluding tert-OH is 2. The Morgan fingerprint density at radius 3 is 2.70 bits per heavy atom. The lowest BCUT2D eigenvalue weighted by molar-refractivity contribution is -0.128. The van der Waals surface area contributed by atoms with Crippen LogP contribution >= 0.6 is 11.8 Å². The second-order valence-corrected chi connectivity index (χ2v) is 10.6. The fourth-order valence-corrected chi connectivity index (χ4v) is 6.83. The van der Waals surface area contributed by atoms with Crippen LogP contribution < -0.4 is 4.74 Å². The van der Waals surface area contributed by atoms with E-state index in [0.717, 1.165) is 42.8 Å². The number of benzene rings is 2. The molecule has 0 saturated carbocycles. The molecule has 1 spiro atoms. The Morgan fingerprint density at radius 2 is 1.97 bits per heavy atom. The van der Waals surface area contributed by atoms with Crippen molar-refractivity contribution >= 4 is 17.5 Å². The highest BCUT2D eigenvalue weighted by molar-refractivity contribution is 8.00. The van der Waals surface area contributed by atoms with Gasteiger partial charge in [0, 0.05) is 31.0 Å². The van der Waals surface area contributed by atoms with Crippen LogP contribution in [-0.2, 0) is 11.2 Å². The molecule has 7 heteroatoms. The average Bonchev–Trinajstić information content (AvgIpc) is 2.84. The van der Waals surface area contributed by atoms with Gasteiger partial charge in [0.05, 0.1) is 30.2 Å². The van der Waals surface area contributed by atoms with Gasteiger partial charge >= 0.3 is 0 Å². The van der Waals surface area contributed by atoms with Gasteiger partial charge in [-0.25, -0.2) is 0 Å². The predicted molar refractivity (Wildman–Crippen MR) is 128 cm³/mol. The van der Waals surface area contributed by atoms with Crippen LogP contribution in [0, 0.1) is 0 Å². The first-order valence-electron chi connectivity index (χ1n) is 11.6.